The molecule has 0 aliphatic heterocycles. The highest BCUT2D eigenvalue weighted by molar-refractivity contribution is 4.84. The third kappa shape index (κ3) is 0.903. The smallest absolute Gasteiger partial charge is 0.361 e. The van der Waals surface area contributed by atoms with Crippen LogP contribution in [-0.2, 0) is 0 Å². The second-order valence-electron chi connectivity index (χ2n) is 1.58. The van der Waals surface area contributed by atoms with Crippen LogP contribution >= 0.6 is 0 Å². The highest BCUT2D eigenvalue weighted by atomic mass is 19.1. The molecule has 2 N–H and O–H groups in total. The minimum Gasteiger partial charge on any atom is -0.424 e. The molecule has 0 aliphatic rings. The lowest BCUT2D eigenvalue weighted by Crippen LogP contribution is -2.29. The van der Waals surface area contributed by atoms with Crippen LogP contribution in [0, 0.1) is 5.82 Å². The summed E-state index contributed by atoms with van der Waals surface area (Å²) in [6, 6.07) is 0. The van der Waals surface area contributed by atoms with E-state index in [0.717, 1.165) is 0 Å². The zero-order valence-corrected chi connectivity index (χ0v) is 4.67. The molecule has 0 aromatic carbocycles. The molecule has 5 nitrogen and oxygen atoms in total. The third-order valence-corrected chi connectivity index (χ3v) is 0.881. The van der Waals surface area contributed by atoms with Crippen molar-refractivity contribution < 1.29 is 9.60 Å². The van der Waals surface area contributed by atoms with Crippen molar-refractivity contribution in [2.45, 2.75) is 0 Å². The Hall–Kier alpha value is -1.59. The zero-order valence-electron chi connectivity index (χ0n) is 4.67. The maximum Gasteiger partial charge on any atom is 0.361 e. The van der Waals surface area contributed by atoms with Crippen LogP contribution in [0.5, 0.6) is 0 Å². The minimum absolute atomic E-state index is 0.0449. The van der Waals surface area contributed by atoms with E-state index in [2.05, 4.69) is 0 Å². The highest BCUT2D eigenvalue weighted by Crippen LogP contribution is 1.77. The van der Waals surface area contributed by atoms with E-state index in [9.17, 15) is 14.0 Å². The summed E-state index contributed by atoms with van der Waals surface area (Å²) in [4.78, 5) is 22.1. The predicted octanol–water partition coefficient (Wildman–Crippen LogP) is -1.09. The number of aromatic amines is 1. The topological polar surface area (TPSA) is 75.1 Å². The van der Waals surface area contributed by atoms with E-state index in [1.807, 2.05) is 0 Å². The molecule has 10 heavy (non-hydrogen) atoms. The maximum atomic E-state index is 12.1. The van der Waals surface area contributed by atoms with Crippen LogP contribution in [0.15, 0.2) is 15.8 Å². The largest absolute Gasteiger partial charge is 0.424 e. The van der Waals surface area contributed by atoms with Gasteiger partial charge in [0.15, 0.2) is 0 Å². The van der Waals surface area contributed by atoms with Gasteiger partial charge in [0.25, 0.3) is 5.56 Å². The first-order valence-corrected chi connectivity index (χ1v) is 2.32. The van der Waals surface area contributed by atoms with Gasteiger partial charge < -0.3 is 5.21 Å². The monoisotopic (exact) mass is 146 g/mol. The first kappa shape index (κ1) is 6.53. The van der Waals surface area contributed by atoms with Crippen LogP contribution < -0.4 is 11.2 Å². The molecule has 0 amide bonds. The molecule has 0 bridgehead atoms. The fourth-order valence-electron chi connectivity index (χ4n) is 0.439. The first-order valence-electron chi connectivity index (χ1n) is 2.32. The van der Waals surface area contributed by atoms with E-state index in [4.69, 9.17) is 5.21 Å². The van der Waals surface area contributed by atoms with Crippen molar-refractivity contribution in [2.75, 3.05) is 0 Å². The van der Waals surface area contributed by atoms with Crippen LogP contribution in [0.3, 0.4) is 0 Å². The van der Waals surface area contributed by atoms with Crippen molar-refractivity contribution in [3.8, 4) is 0 Å². The Bertz CT molecular complexity index is 321. The zero-order chi connectivity index (χ0) is 7.72. The summed E-state index contributed by atoms with van der Waals surface area (Å²) >= 11 is 0. The van der Waals surface area contributed by atoms with Gasteiger partial charge in [0.2, 0.25) is 5.82 Å². The van der Waals surface area contributed by atoms with E-state index in [-0.39, 0.29) is 4.73 Å². The molecule has 0 atom stereocenters. The summed E-state index contributed by atoms with van der Waals surface area (Å²) in [6.07, 6.45) is 0.390. The Kier molecular flexibility index (Phi) is 1.29. The molecule has 1 aromatic heterocycles. The van der Waals surface area contributed by atoms with Crippen LogP contribution in [0.4, 0.5) is 4.39 Å². The molecule has 0 spiro atoms. The van der Waals surface area contributed by atoms with Crippen molar-refractivity contribution >= 4 is 0 Å². The quantitative estimate of drug-likeness (QED) is 0.457. The first-order chi connectivity index (χ1) is 4.61. The standard InChI is InChI=1S/C4H3FN2O3/c5-2-1-7(10)4(9)6-3(2)8/h1,10H,(H,6,8,9). The summed E-state index contributed by atoms with van der Waals surface area (Å²) in [5.74, 6) is -1.21. The number of H-pyrrole nitrogens is 1. The molecular weight excluding hydrogens is 143 g/mol. The van der Waals surface area contributed by atoms with Crippen LogP contribution in [0.25, 0.3) is 0 Å². The van der Waals surface area contributed by atoms with Crippen LogP contribution in [0.1, 0.15) is 0 Å². The number of halogens is 1. The molecule has 6 heteroatoms. The predicted molar refractivity (Wildman–Crippen MR) is 28.5 cm³/mol. The van der Waals surface area contributed by atoms with Crippen molar-refractivity contribution in [1.29, 1.82) is 0 Å². The van der Waals surface area contributed by atoms with Crippen molar-refractivity contribution in [1.82, 2.24) is 9.71 Å². The van der Waals surface area contributed by atoms with Crippen LogP contribution in [-0.4, -0.2) is 14.9 Å². The number of aromatic nitrogens is 2. The summed E-state index contributed by atoms with van der Waals surface area (Å²) in [5.41, 5.74) is -2.21. The van der Waals surface area contributed by atoms with Gasteiger partial charge in [-0.25, -0.2) is 4.79 Å². The molecule has 0 unspecified atom stereocenters. The van der Waals surface area contributed by atoms with Crippen LogP contribution in [0.2, 0.25) is 0 Å². The van der Waals surface area contributed by atoms with Crippen molar-refractivity contribution in [3.05, 3.63) is 32.9 Å². The second-order valence-corrected chi connectivity index (χ2v) is 1.58. The molecule has 0 saturated heterocycles. The molecule has 0 radical (unpaired) electrons. The van der Waals surface area contributed by atoms with Gasteiger partial charge >= 0.3 is 5.69 Å². The molecule has 54 valence electrons. The fourth-order valence-corrected chi connectivity index (χ4v) is 0.439. The summed E-state index contributed by atoms with van der Waals surface area (Å²) in [7, 11) is 0. The molecule has 0 saturated carbocycles. The van der Waals surface area contributed by atoms with Gasteiger partial charge in [-0.05, 0) is 0 Å². The van der Waals surface area contributed by atoms with E-state index in [1.54, 1.807) is 0 Å². The van der Waals surface area contributed by atoms with Gasteiger partial charge in [0.05, 0.1) is 6.20 Å². The summed E-state index contributed by atoms with van der Waals surface area (Å²) < 4.78 is 12.1. The average Bonchev–Trinajstić information content (AvgIpc) is 1.84. The number of nitrogens with zero attached hydrogens (tertiary/aromatic N) is 1. The number of nitrogens with one attached hydrogen (secondary N) is 1. The molecule has 0 aliphatic carbocycles. The maximum absolute atomic E-state index is 12.1. The van der Waals surface area contributed by atoms with Crippen molar-refractivity contribution in [3.63, 3.8) is 0 Å². The van der Waals surface area contributed by atoms with Gasteiger partial charge in [-0.1, -0.05) is 0 Å². The van der Waals surface area contributed by atoms with E-state index in [0.29, 0.717) is 6.20 Å². The number of hydrogen-bond acceptors (Lipinski definition) is 3. The Balaban J connectivity index is 3.59. The van der Waals surface area contributed by atoms with E-state index >= 15 is 0 Å². The molecule has 1 heterocycles. The SMILES string of the molecule is O=c1[nH]c(=O)n(O)cc1F. The molecule has 1 aromatic rings. The molecule has 0 fully saturated rings. The minimum atomic E-state index is -1.21. The summed E-state index contributed by atoms with van der Waals surface area (Å²) in [6.45, 7) is 0. The Morgan fingerprint density at radius 3 is 2.70 bits per heavy atom. The van der Waals surface area contributed by atoms with Gasteiger partial charge in [-0.15, -0.1) is 4.73 Å². The summed E-state index contributed by atoms with van der Waals surface area (Å²) in [5, 5.41) is 8.42. The van der Waals surface area contributed by atoms with Gasteiger partial charge in [-0.2, -0.15) is 4.39 Å². The fraction of sp³-hybridized carbons (Fsp3) is 0. The lowest BCUT2D eigenvalue weighted by atomic mass is 10.6. The Morgan fingerprint density at radius 2 is 2.20 bits per heavy atom. The normalized spacial score (nSPS) is 9.70. The average molecular weight is 146 g/mol. The lowest BCUT2D eigenvalue weighted by molar-refractivity contribution is 0.165. The lowest BCUT2D eigenvalue weighted by Gasteiger charge is -1.90. The third-order valence-electron chi connectivity index (χ3n) is 0.881. The Morgan fingerprint density at radius 1 is 1.60 bits per heavy atom. The number of hydrogen-bond donors (Lipinski definition) is 2. The van der Waals surface area contributed by atoms with Gasteiger partial charge in [0, 0.05) is 0 Å². The highest BCUT2D eigenvalue weighted by Gasteiger charge is 1.99. The van der Waals surface area contributed by atoms with E-state index in [1.165, 1.54) is 4.98 Å². The van der Waals surface area contributed by atoms with E-state index < -0.39 is 17.1 Å². The number of rotatable bonds is 0. The van der Waals surface area contributed by atoms with Crippen molar-refractivity contribution in [2.24, 2.45) is 0 Å². The van der Waals surface area contributed by atoms with Gasteiger partial charge in [0.1, 0.15) is 0 Å². The second kappa shape index (κ2) is 1.98. The molecular formula is C4H3FN2O3. The Labute approximate surface area is 53.3 Å². The molecule has 1 rings (SSSR count). The van der Waals surface area contributed by atoms with Gasteiger partial charge in [-0.3, -0.25) is 9.78 Å².